The van der Waals surface area contributed by atoms with Crippen molar-refractivity contribution in [1.82, 2.24) is 4.98 Å². The van der Waals surface area contributed by atoms with Gasteiger partial charge in [0.25, 0.3) is 0 Å². The molecule has 6 aromatic rings. The highest BCUT2D eigenvalue weighted by atomic mass is 32.2. The number of aromatic nitrogens is 1. The van der Waals surface area contributed by atoms with E-state index < -0.39 is 15.8 Å². The van der Waals surface area contributed by atoms with Crippen molar-refractivity contribution < 1.29 is 22.0 Å². The number of hydrogen-bond donors (Lipinski definition) is 1. The average molecular weight is 567 g/mol. The number of furan rings is 1. The Balaban J connectivity index is 1.61. The molecule has 0 radical (unpaired) electrons. The molecule has 0 spiro atoms. The summed E-state index contributed by atoms with van der Waals surface area (Å²) in [5.41, 5.74) is 5.97. The van der Waals surface area contributed by atoms with Crippen LogP contribution in [-0.4, -0.2) is 32.5 Å². The molecule has 0 atom stereocenters. The summed E-state index contributed by atoms with van der Waals surface area (Å²) in [5.74, 6) is -0.212. The lowest BCUT2D eigenvalue weighted by Gasteiger charge is -2.21. The van der Waals surface area contributed by atoms with E-state index in [1.165, 1.54) is 23.5 Å². The Hall–Kier alpha value is -4.69. The quantitative estimate of drug-likeness (QED) is 0.198. The lowest BCUT2D eigenvalue weighted by Crippen LogP contribution is -2.25. The molecule has 206 valence electrons. The molecule has 0 saturated heterocycles. The summed E-state index contributed by atoms with van der Waals surface area (Å²) >= 11 is 0. The first-order valence-corrected chi connectivity index (χ1v) is 15.0. The van der Waals surface area contributed by atoms with Crippen molar-refractivity contribution in [2.45, 2.75) is 13.3 Å². The molecule has 4 aromatic carbocycles. The number of rotatable bonds is 7. The van der Waals surface area contributed by atoms with Gasteiger partial charge in [0, 0.05) is 52.6 Å². The van der Waals surface area contributed by atoms with E-state index in [-0.39, 0.29) is 12.2 Å². The molecule has 2 heterocycles. The number of carbonyl (C=O) groups excluding carboxylic acids is 1. The van der Waals surface area contributed by atoms with Crippen LogP contribution in [-0.2, 0) is 10.0 Å². The van der Waals surface area contributed by atoms with Crippen molar-refractivity contribution in [2.24, 2.45) is 0 Å². The number of nitrogens with one attached hydrogen (secondary N) is 1. The van der Waals surface area contributed by atoms with Crippen molar-refractivity contribution >= 4 is 43.4 Å². The van der Waals surface area contributed by atoms with Crippen LogP contribution in [0, 0.1) is 5.82 Å². The second kappa shape index (κ2) is 10.1. The highest BCUT2D eigenvalue weighted by Crippen LogP contribution is 2.42. The number of ketones is 1. The topological polar surface area (TPSA) is 83.4 Å². The zero-order chi connectivity index (χ0) is 28.9. The molecular weight excluding hydrogens is 539 g/mol. The van der Waals surface area contributed by atoms with Crippen LogP contribution in [0.2, 0.25) is 0 Å². The third kappa shape index (κ3) is 4.80. The first-order valence-electron chi connectivity index (χ1n) is 13.2. The summed E-state index contributed by atoms with van der Waals surface area (Å²) in [5, 5.41) is 1.65. The Kier molecular flexibility index (Phi) is 6.50. The fourth-order valence-corrected chi connectivity index (χ4v) is 5.65. The molecule has 6 rings (SSSR count). The number of nitrogens with zero attached hydrogens (tertiary/aromatic N) is 1. The Labute approximate surface area is 237 Å². The average Bonchev–Trinajstić information content (AvgIpc) is 3.57. The molecule has 1 N–H and O–H groups in total. The fraction of sp³-hybridized carbons (Fsp3) is 0.121. The first kappa shape index (κ1) is 26.5. The lowest BCUT2D eigenvalue weighted by molar-refractivity contribution is 0.0989. The fourth-order valence-electron chi connectivity index (χ4n) is 5.14. The number of benzene rings is 4. The van der Waals surface area contributed by atoms with E-state index in [1.54, 1.807) is 25.1 Å². The summed E-state index contributed by atoms with van der Waals surface area (Å²) < 4.78 is 46.5. The second-order valence-electron chi connectivity index (χ2n) is 10.0. The number of sulfonamides is 1. The number of anilines is 1. The zero-order valence-electron chi connectivity index (χ0n) is 22.7. The maximum atomic E-state index is 13.7. The molecule has 0 unspecified atom stereocenters. The molecule has 0 amide bonds. The van der Waals surface area contributed by atoms with Gasteiger partial charge in [-0.1, -0.05) is 43.3 Å². The predicted octanol–water partition coefficient (Wildman–Crippen LogP) is 8.04. The predicted molar refractivity (Wildman–Crippen MR) is 162 cm³/mol. The van der Waals surface area contributed by atoms with Crippen LogP contribution >= 0.6 is 0 Å². The highest BCUT2D eigenvalue weighted by molar-refractivity contribution is 7.92. The summed E-state index contributed by atoms with van der Waals surface area (Å²) in [6.45, 7) is 1.77. The number of hydrogen-bond acceptors (Lipinski definition) is 4. The van der Waals surface area contributed by atoms with E-state index in [9.17, 15) is 17.6 Å². The Bertz CT molecular complexity index is 2020. The number of halogens is 1. The van der Waals surface area contributed by atoms with Crippen LogP contribution in [0.1, 0.15) is 23.7 Å². The maximum absolute atomic E-state index is 13.7. The van der Waals surface area contributed by atoms with Gasteiger partial charge in [-0.25, -0.2) is 12.8 Å². The van der Waals surface area contributed by atoms with Gasteiger partial charge in [0.1, 0.15) is 17.2 Å². The molecule has 41 heavy (non-hydrogen) atoms. The standard InChI is InChI=1S/C33H27FN2O4S/c1-4-30(37)32-26-18-25(21-9-7-10-22(16-21)28-17-23-8-5-6-11-27(23)35-28)29(36(2)41(3,38)39)19-31(26)40-33(32)20-12-14-24(34)15-13-20/h5-19,35H,4H2,1-3H3. The number of carbonyl (C=O) groups is 1. The molecule has 0 aliphatic heterocycles. The normalized spacial score (nSPS) is 11.8. The summed E-state index contributed by atoms with van der Waals surface area (Å²) in [6.07, 6.45) is 1.37. The van der Waals surface area contributed by atoms with E-state index in [1.807, 2.05) is 54.6 Å². The van der Waals surface area contributed by atoms with Gasteiger partial charge < -0.3 is 9.40 Å². The van der Waals surface area contributed by atoms with Gasteiger partial charge >= 0.3 is 0 Å². The van der Waals surface area contributed by atoms with Gasteiger partial charge in [-0.2, -0.15) is 0 Å². The smallest absolute Gasteiger partial charge is 0.232 e. The minimum Gasteiger partial charge on any atom is -0.455 e. The second-order valence-corrected chi connectivity index (χ2v) is 12.1. The number of aromatic amines is 1. The van der Waals surface area contributed by atoms with Gasteiger partial charge in [0.2, 0.25) is 10.0 Å². The van der Waals surface area contributed by atoms with Crippen LogP contribution in [0.3, 0.4) is 0 Å². The number of fused-ring (bicyclic) bond motifs is 2. The molecule has 0 saturated carbocycles. The molecule has 0 bridgehead atoms. The number of para-hydroxylation sites is 1. The van der Waals surface area contributed by atoms with Crippen LogP contribution in [0.15, 0.2) is 95.4 Å². The third-order valence-electron chi connectivity index (χ3n) is 7.36. The molecule has 0 aliphatic carbocycles. The molecule has 0 fully saturated rings. The van der Waals surface area contributed by atoms with Crippen LogP contribution in [0.4, 0.5) is 10.1 Å². The highest BCUT2D eigenvalue weighted by Gasteiger charge is 2.25. The Morgan fingerprint density at radius 3 is 2.34 bits per heavy atom. The first-order chi connectivity index (χ1) is 19.6. The third-order valence-corrected chi connectivity index (χ3v) is 8.56. The minimum absolute atomic E-state index is 0.134. The Morgan fingerprint density at radius 2 is 1.63 bits per heavy atom. The van der Waals surface area contributed by atoms with Crippen molar-refractivity contribution in [2.75, 3.05) is 17.6 Å². The van der Waals surface area contributed by atoms with Crippen molar-refractivity contribution in [3.8, 4) is 33.7 Å². The lowest BCUT2D eigenvalue weighted by atomic mass is 9.95. The van der Waals surface area contributed by atoms with Crippen molar-refractivity contribution in [3.63, 3.8) is 0 Å². The summed E-state index contributed by atoms with van der Waals surface area (Å²) in [6, 6.07) is 27.1. The van der Waals surface area contributed by atoms with Crippen LogP contribution in [0.25, 0.3) is 55.6 Å². The number of H-pyrrole nitrogens is 1. The van der Waals surface area contributed by atoms with E-state index in [0.717, 1.165) is 34.0 Å². The largest absolute Gasteiger partial charge is 0.455 e. The molecular formula is C33H27FN2O4S. The summed E-state index contributed by atoms with van der Waals surface area (Å²) in [4.78, 5) is 16.7. The summed E-state index contributed by atoms with van der Waals surface area (Å²) in [7, 11) is -2.15. The van der Waals surface area contributed by atoms with Gasteiger partial charge in [-0.3, -0.25) is 9.10 Å². The van der Waals surface area contributed by atoms with Crippen molar-refractivity contribution in [3.05, 3.63) is 102 Å². The van der Waals surface area contributed by atoms with E-state index >= 15 is 0 Å². The van der Waals surface area contributed by atoms with Gasteiger partial charge in [-0.15, -0.1) is 0 Å². The van der Waals surface area contributed by atoms with E-state index in [2.05, 4.69) is 11.1 Å². The molecule has 6 nitrogen and oxygen atoms in total. The van der Waals surface area contributed by atoms with Crippen LogP contribution < -0.4 is 4.31 Å². The van der Waals surface area contributed by atoms with Crippen LogP contribution in [0.5, 0.6) is 0 Å². The number of Topliss-reactive ketones (excluding diaryl/α,β-unsaturated/α-hetero) is 1. The van der Waals surface area contributed by atoms with Gasteiger partial charge in [0.15, 0.2) is 5.78 Å². The zero-order valence-corrected chi connectivity index (χ0v) is 23.6. The van der Waals surface area contributed by atoms with E-state index in [4.69, 9.17) is 4.42 Å². The monoisotopic (exact) mass is 566 g/mol. The maximum Gasteiger partial charge on any atom is 0.232 e. The molecule has 2 aromatic heterocycles. The van der Waals surface area contributed by atoms with Gasteiger partial charge in [-0.05, 0) is 59.7 Å². The molecule has 0 aliphatic rings. The molecule has 8 heteroatoms. The van der Waals surface area contributed by atoms with E-state index in [0.29, 0.717) is 39.1 Å². The van der Waals surface area contributed by atoms with Gasteiger partial charge in [0.05, 0.1) is 17.5 Å². The Morgan fingerprint density at radius 1 is 0.902 bits per heavy atom. The van der Waals surface area contributed by atoms with Crippen molar-refractivity contribution in [1.29, 1.82) is 0 Å². The minimum atomic E-state index is -3.64. The SMILES string of the molecule is CCC(=O)c1c(-c2ccc(F)cc2)oc2cc(N(C)S(C)(=O)=O)c(-c3cccc(-c4cc5ccccc5[nH]4)c3)cc12.